The summed E-state index contributed by atoms with van der Waals surface area (Å²) in [5, 5.41) is 4.98. The molecule has 0 radical (unpaired) electrons. The number of fused-ring (bicyclic) bond motifs is 1. The Morgan fingerprint density at radius 3 is 2.41 bits per heavy atom. The summed E-state index contributed by atoms with van der Waals surface area (Å²) in [6, 6.07) is 24.1. The summed E-state index contributed by atoms with van der Waals surface area (Å²) in [7, 11) is 0. The Kier molecular flexibility index (Phi) is 5.44. The van der Waals surface area contributed by atoms with Crippen molar-refractivity contribution in [3.8, 4) is 0 Å². The van der Waals surface area contributed by atoms with Crippen molar-refractivity contribution in [3.63, 3.8) is 0 Å². The lowest BCUT2D eigenvalue weighted by molar-refractivity contribution is 0.628. The quantitative estimate of drug-likeness (QED) is 0.454. The summed E-state index contributed by atoms with van der Waals surface area (Å²) in [5.41, 5.74) is 4.48. The Morgan fingerprint density at radius 2 is 1.59 bits per heavy atom. The molecule has 0 spiro atoms. The fourth-order valence-electron chi connectivity index (χ4n) is 3.18. The van der Waals surface area contributed by atoms with Gasteiger partial charge in [0.05, 0.1) is 17.6 Å². The molecule has 136 valence electrons. The highest BCUT2D eigenvalue weighted by atomic mass is 35.5. The Hall–Kier alpha value is -2.33. The van der Waals surface area contributed by atoms with E-state index in [1.807, 2.05) is 60.7 Å². The molecule has 1 heterocycles. The van der Waals surface area contributed by atoms with Crippen LogP contribution in [0.3, 0.4) is 0 Å². The second-order valence-electron chi connectivity index (χ2n) is 6.46. The van der Waals surface area contributed by atoms with Gasteiger partial charge in [-0.3, -0.25) is 0 Å². The Bertz CT molecular complexity index is 1050. The normalized spacial score (nSPS) is 11.2. The predicted octanol–water partition coefficient (Wildman–Crippen LogP) is 5.68. The van der Waals surface area contributed by atoms with E-state index in [0.29, 0.717) is 6.54 Å². The molecule has 3 aromatic carbocycles. The Labute approximate surface area is 168 Å². The van der Waals surface area contributed by atoms with Gasteiger partial charge in [0.15, 0.2) is 0 Å². The summed E-state index contributed by atoms with van der Waals surface area (Å²) in [4.78, 5) is 4.82. The summed E-state index contributed by atoms with van der Waals surface area (Å²) in [6.45, 7) is 2.18. The minimum Gasteiger partial charge on any atom is -0.322 e. The van der Waals surface area contributed by atoms with Crippen molar-refractivity contribution in [2.24, 2.45) is 0 Å². The fourth-order valence-corrected chi connectivity index (χ4v) is 3.51. The highest BCUT2D eigenvalue weighted by molar-refractivity contribution is 6.30. The van der Waals surface area contributed by atoms with Crippen molar-refractivity contribution in [1.29, 1.82) is 0 Å². The van der Waals surface area contributed by atoms with E-state index in [2.05, 4.69) is 22.0 Å². The fraction of sp³-hybridized carbons (Fsp3) is 0.136. The van der Waals surface area contributed by atoms with E-state index in [1.54, 1.807) is 0 Å². The first-order chi connectivity index (χ1) is 13.2. The second-order valence-corrected chi connectivity index (χ2v) is 7.34. The number of para-hydroxylation sites is 2. The SMILES string of the molecule is Clc1ccc(CNCc2nc3ccccc3n2Cc2cccc(Cl)c2)cc1. The van der Waals surface area contributed by atoms with Crippen LogP contribution in [-0.2, 0) is 19.6 Å². The van der Waals surface area contributed by atoms with E-state index in [1.165, 1.54) is 5.56 Å². The molecule has 0 aliphatic heterocycles. The molecule has 1 N–H and O–H groups in total. The molecule has 4 rings (SSSR count). The molecule has 0 fully saturated rings. The van der Waals surface area contributed by atoms with Crippen molar-refractivity contribution in [2.75, 3.05) is 0 Å². The number of halogens is 2. The van der Waals surface area contributed by atoms with Crippen LogP contribution in [0.5, 0.6) is 0 Å². The van der Waals surface area contributed by atoms with Crippen LogP contribution in [-0.4, -0.2) is 9.55 Å². The van der Waals surface area contributed by atoms with E-state index in [9.17, 15) is 0 Å². The maximum atomic E-state index is 6.16. The van der Waals surface area contributed by atoms with Crippen molar-refractivity contribution in [2.45, 2.75) is 19.6 Å². The molecule has 0 unspecified atom stereocenters. The van der Waals surface area contributed by atoms with Crippen LogP contribution in [0.25, 0.3) is 11.0 Å². The van der Waals surface area contributed by atoms with Crippen molar-refractivity contribution in [1.82, 2.24) is 14.9 Å². The first-order valence-electron chi connectivity index (χ1n) is 8.83. The maximum Gasteiger partial charge on any atom is 0.124 e. The minimum absolute atomic E-state index is 0.678. The van der Waals surface area contributed by atoms with E-state index < -0.39 is 0 Å². The predicted molar refractivity (Wildman–Crippen MR) is 112 cm³/mol. The molecule has 27 heavy (non-hydrogen) atoms. The second kappa shape index (κ2) is 8.13. The van der Waals surface area contributed by atoms with Gasteiger partial charge in [0, 0.05) is 23.1 Å². The summed E-state index contributed by atoms with van der Waals surface area (Å²) in [5.74, 6) is 1.00. The van der Waals surface area contributed by atoms with Gasteiger partial charge in [-0.1, -0.05) is 59.6 Å². The van der Waals surface area contributed by atoms with Crippen molar-refractivity contribution < 1.29 is 0 Å². The average molecular weight is 396 g/mol. The summed E-state index contributed by atoms with van der Waals surface area (Å²) < 4.78 is 2.25. The van der Waals surface area contributed by atoms with Crippen LogP contribution >= 0.6 is 23.2 Å². The van der Waals surface area contributed by atoms with Crippen LogP contribution < -0.4 is 5.32 Å². The van der Waals surface area contributed by atoms with Gasteiger partial charge < -0.3 is 9.88 Å². The molecule has 0 aliphatic rings. The third-order valence-corrected chi connectivity index (χ3v) is 4.98. The van der Waals surface area contributed by atoms with Gasteiger partial charge in [-0.2, -0.15) is 0 Å². The molecule has 0 bridgehead atoms. The number of hydrogen-bond acceptors (Lipinski definition) is 2. The zero-order valence-electron chi connectivity index (χ0n) is 14.7. The number of benzene rings is 3. The Balaban J connectivity index is 1.56. The minimum atomic E-state index is 0.678. The lowest BCUT2D eigenvalue weighted by Crippen LogP contribution is -2.17. The molecule has 1 aromatic heterocycles. The lowest BCUT2D eigenvalue weighted by atomic mass is 10.2. The number of nitrogens with zero attached hydrogens (tertiary/aromatic N) is 2. The molecule has 0 saturated heterocycles. The maximum absolute atomic E-state index is 6.16. The molecule has 0 atom stereocenters. The van der Waals surface area contributed by atoms with Gasteiger partial charge >= 0.3 is 0 Å². The largest absolute Gasteiger partial charge is 0.322 e. The molecule has 5 heteroatoms. The van der Waals surface area contributed by atoms with Crippen molar-refractivity contribution >= 4 is 34.2 Å². The van der Waals surface area contributed by atoms with Crippen LogP contribution in [0.1, 0.15) is 17.0 Å². The van der Waals surface area contributed by atoms with E-state index in [4.69, 9.17) is 28.2 Å². The zero-order valence-corrected chi connectivity index (χ0v) is 16.2. The van der Waals surface area contributed by atoms with Gasteiger partial charge in [0.1, 0.15) is 5.82 Å². The number of nitrogens with one attached hydrogen (secondary N) is 1. The van der Waals surface area contributed by atoms with E-state index >= 15 is 0 Å². The van der Waals surface area contributed by atoms with Crippen LogP contribution in [0, 0.1) is 0 Å². The molecule has 4 aromatic rings. The number of aromatic nitrogens is 2. The summed E-state index contributed by atoms with van der Waals surface area (Å²) in [6.07, 6.45) is 0. The third kappa shape index (κ3) is 4.33. The smallest absolute Gasteiger partial charge is 0.124 e. The van der Waals surface area contributed by atoms with E-state index in [-0.39, 0.29) is 0 Å². The van der Waals surface area contributed by atoms with Crippen molar-refractivity contribution in [3.05, 3.63) is 99.8 Å². The van der Waals surface area contributed by atoms with Crippen LogP contribution in [0.15, 0.2) is 72.8 Å². The van der Waals surface area contributed by atoms with Crippen LogP contribution in [0.2, 0.25) is 10.0 Å². The molecule has 0 aliphatic carbocycles. The average Bonchev–Trinajstić information content (AvgIpc) is 3.01. The highest BCUT2D eigenvalue weighted by Gasteiger charge is 2.11. The highest BCUT2D eigenvalue weighted by Crippen LogP contribution is 2.20. The number of hydrogen-bond donors (Lipinski definition) is 1. The van der Waals surface area contributed by atoms with Gasteiger partial charge in [-0.25, -0.2) is 4.98 Å². The topological polar surface area (TPSA) is 29.9 Å². The lowest BCUT2D eigenvalue weighted by Gasteiger charge is -2.11. The molecule has 0 saturated carbocycles. The standard InChI is InChI=1S/C22H19Cl2N3/c23-18-10-8-16(9-11-18)13-25-14-22-26-20-6-1-2-7-21(20)27(22)15-17-4-3-5-19(24)12-17/h1-12,25H,13-15H2. The number of imidazole rings is 1. The zero-order chi connectivity index (χ0) is 18.6. The molecular formula is C22H19Cl2N3. The summed E-state index contributed by atoms with van der Waals surface area (Å²) >= 11 is 12.1. The van der Waals surface area contributed by atoms with Gasteiger partial charge in [0.25, 0.3) is 0 Å². The molecule has 0 amide bonds. The first-order valence-corrected chi connectivity index (χ1v) is 9.58. The number of rotatable bonds is 6. The first kappa shape index (κ1) is 18.1. The van der Waals surface area contributed by atoms with Gasteiger partial charge in [-0.15, -0.1) is 0 Å². The van der Waals surface area contributed by atoms with Crippen LogP contribution in [0.4, 0.5) is 0 Å². The van der Waals surface area contributed by atoms with E-state index in [0.717, 1.165) is 45.6 Å². The Morgan fingerprint density at radius 1 is 0.778 bits per heavy atom. The third-order valence-electron chi connectivity index (χ3n) is 4.49. The van der Waals surface area contributed by atoms with Gasteiger partial charge in [-0.05, 0) is 47.5 Å². The van der Waals surface area contributed by atoms with Gasteiger partial charge in [0.2, 0.25) is 0 Å². The molecule has 3 nitrogen and oxygen atoms in total. The molecular weight excluding hydrogens is 377 g/mol. The monoisotopic (exact) mass is 395 g/mol.